The van der Waals surface area contributed by atoms with Gasteiger partial charge in [-0.3, -0.25) is 0 Å². The first kappa shape index (κ1) is 7.51. The largest absolute Gasteiger partial charge is 0.383 e. The van der Waals surface area contributed by atoms with Crippen LogP contribution in [-0.4, -0.2) is 5.11 Å². The van der Waals surface area contributed by atoms with E-state index in [9.17, 15) is 5.11 Å². The van der Waals surface area contributed by atoms with Crippen molar-refractivity contribution in [2.45, 2.75) is 13.0 Å². The molecule has 0 fully saturated rings. The molecule has 54 valence electrons. The van der Waals surface area contributed by atoms with Gasteiger partial charge in [-0.2, -0.15) is 0 Å². The molecule has 1 unspecified atom stereocenters. The van der Waals surface area contributed by atoms with Crippen LogP contribution in [-0.2, 0) is 0 Å². The molecule has 1 aromatic heterocycles. The topological polar surface area (TPSA) is 20.2 Å². The van der Waals surface area contributed by atoms with Crippen LogP contribution in [0.1, 0.15) is 15.9 Å². The SMILES string of the molecule is C=CC(O)c1ccc(C)s1. The van der Waals surface area contributed by atoms with Gasteiger partial charge in [-0.05, 0) is 19.1 Å². The molecule has 0 bridgehead atoms. The lowest BCUT2D eigenvalue weighted by Crippen LogP contribution is -1.85. The first-order valence-corrected chi connectivity index (χ1v) is 3.92. The highest BCUT2D eigenvalue weighted by molar-refractivity contribution is 7.12. The van der Waals surface area contributed by atoms with Crippen molar-refractivity contribution in [2.24, 2.45) is 0 Å². The van der Waals surface area contributed by atoms with Gasteiger partial charge in [-0.25, -0.2) is 0 Å². The summed E-state index contributed by atoms with van der Waals surface area (Å²) in [5, 5.41) is 9.23. The molecule has 1 heterocycles. The molecule has 0 saturated carbocycles. The molecule has 2 heteroatoms. The zero-order valence-electron chi connectivity index (χ0n) is 5.87. The number of rotatable bonds is 2. The Hall–Kier alpha value is -0.600. The zero-order valence-corrected chi connectivity index (χ0v) is 6.69. The van der Waals surface area contributed by atoms with Crippen LogP contribution in [0.5, 0.6) is 0 Å². The standard InChI is InChI=1S/C8H10OS/c1-3-7(9)8-5-4-6(2)10-8/h3-5,7,9H,1H2,2H3. The maximum Gasteiger partial charge on any atom is 0.106 e. The van der Waals surface area contributed by atoms with Crippen LogP contribution in [0.2, 0.25) is 0 Å². The fourth-order valence-electron chi connectivity index (χ4n) is 0.729. The van der Waals surface area contributed by atoms with Gasteiger partial charge >= 0.3 is 0 Å². The molecule has 0 aliphatic heterocycles. The van der Waals surface area contributed by atoms with E-state index in [4.69, 9.17) is 0 Å². The number of aliphatic hydroxyl groups excluding tert-OH is 1. The summed E-state index contributed by atoms with van der Waals surface area (Å²) in [4.78, 5) is 2.18. The Morgan fingerprint density at radius 3 is 2.80 bits per heavy atom. The number of aliphatic hydroxyl groups is 1. The zero-order chi connectivity index (χ0) is 7.56. The highest BCUT2D eigenvalue weighted by atomic mass is 32.1. The molecular formula is C8H10OS. The van der Waals surface area contributed by atoms with E-state index in [1.165, 1.54) is 11.0 Å². The molecular weight excluding hydrogens is 144 g/mol. The van der Waals surface area contributed by atoms with E-state index in [-0.39, 0.29) is 0 Å². The second-order valence-electron chi connectivity index (χ2n) is 2.13. The second kappa shape index (κ2) is 2.99. The summed E-state index contributed by atoms with van der Waals surface area (Å²) < 4.78 is 0. The van der Waals surface area contributed by atoms with Crippen molar-refractivity contribution in [3.63, 3.8) is 0 Å². The van der Waals surface area contributed by atoms with Crippen LogP contribution in [0.15, 0.2) is 24.8 Å². The summed E-state index contributed by atoms with van der Waals surface area (Å²) in [6.45, 7) is 5.52. The van der Waals surface area contributed by atoms with Gasteiger partial charge in [0.15, 0.2) is 0 Å². The Labute approximate surface area is 64.6 Å². The fourth-order valence-corrected chi connectivity index (χ4v) is 1.59. The van der Waals surface area contributed by atoms with Crippen LogP contribution in [0.4, 0.5) is 0 Å². The lowest BCUT2D eigenvalue weighted by atomic mass is 10.3. The van der Waals surface area contributed by atoms with Gasteiger partial charge in [0.25, 0.3) is 0 Å². The molecule has 0 aliphatic rings. The van der Waals surface area contributed by atoms with E-state index in [0.717, 1.165) is 4.88 Å². The van der Waals surface area contributed by atoms with Crippen LogP contribution in [0.25, 0.3) is 0 Å². The highest BCUT2D eigenvalue weighted by Gasteiger charge is 2.03. The lowest BCUT2D eigenvalue weighted by molar-refractivity contribution is 0.233. The Kier molecular flexibility index (Phi) is 2.25. The molecule has 0 spiro atoms. The first-order chi connectivity index (χ1) is 4.74. The molecule has 1 atom stereocenters. The van der Waals surface area contributed by atoms with Crippen LogP contribution in [0.3, 0.4) is 0 Å². The summed E-state index contributed by atoms with van der Waals surface area (Å²) in [5.41, 5.74) is 0. The third-order valence-electron chi connectivity index (χ3n) is 1.28. The maximum atomic E-state index is 9.23. The smallest absolute Gasteiger partial charge is 0.106 e. The summed E-state index contributed by atoms with van der Waals surface area (Å²) in [6.07, 6.45) is 1.05. The van der Waals surface area contributed by atoms with Crippen LogP contribution >= 0.6 is 11.3 Å². The molecule has 1 N–H and O–H groups in total. The van der Waals surface area contributed by atoms with Crippen molar-refractivity contribution in [3.8, 4) is 0 Å². The Bertz CT molecular complexity index is 227. The number of thiophene rings is 1. The van der Waals surface area contributed by atoms with Gasteiger partial charge in [0.2, 0.25) is 0 Å². The van der Waals surface area contributed by atoms with E-state index in [1.54, 1.807) is 11.3 Å². The quantitative estimate of drug-likeness (QED) is 0.648. The minimum absolute atomic E-state index is 0.487. The Morgan fingerprint density at radius 1 is 1.70 bits per heavy atom. The second-order valence-corrected chi connectivity index (χ2v) is 3.45. The summed E-state index contributed by atoms with van der Waals surface area (Å²) in [7, 11) is 0. The summed E-state index contributed by atoms with van der Waals surface area (Å²) >= 11 is 1.60. The van der Waals surface area contributed by atoms with Gasteiger partial charge in [-0.1, -0.05) is 6.08 Å². The minimum Gasteiger partial charge on any atom is -0.383 e. The van der Waals surface area contributed by atoms with Gasteiger partial charge < -0.3 is 5.11 Å². The van der Waals surface area contributed by atoms with Crippen LogP contribution < -0.4 is 0 Å². The van der Waals surface area contributed by atoms with Gasteiger partial charge in [0.1, 0.15) is 6.10 Å². The van der Waals surface area contributed by atoms with E-state index >= 15 is 0 Å². The Balaban J connectivity index is 2.84. The third-order valence-corrected chi connectivity index (χ3v) is 2.35. The van der Waals surface area contributed by atoms with Gasteiger partial charge in [0.05, 0.1) is 0 Å². The molecule has 0 aromatic carbocycles. The minimum atomic E-state index is -0.487. The molecule has 0 saturated heterocycles. The molecule has 10 heavy (non-hydrogen) atoms. The predicted molar refractivity (Wildman–Crippen MR) is 44.2 cm³/mol. The third kappa shape index (κ3) is 1.46. The number of aryl methyl sites for hydroxylation is 1. The van der Waals surface area contributed by atoms with E-state index in [0.29, 0.717) is 0 Å². The van der Waals surface area contributed by atoms with Crippen LogP contribution in [0, 0.1) is 6.92 Å². The molecule has 0 amide bonds. The molecule has 1 nitrogen and oxygen atoms in total. The van der Waals surface area contributed by atoms with E-state index < -0.39 is 6.10 Å². The van der Waals surface area contributed by atoms with Crippen molar-refractivity contribution in [2.75, 3.05) is 0 Å². The summed E-state index contributed by atoms with van der Waals surface area (Å²) in [6, 6.07) is 3.92. The van der Waals surface area contributed by atoms with Crippen molar-refractivity contribution >= 4 is 11.3 Å². The molecule has 1 aromatic rings. The fraction of sp³-hybridized carbons (Fsp3) is 0.250. The normalized spacial score (nSPS) is 13.0. The van der Waals surface area contributed by atoms with Crippen molar-refractivity contribution in [1.82, 2.24) is 0 Å². The highest BCUT2D eigenvalue weighted by Crippen LogP contribution is 2.22. The van der Waals surface area contributed by atoms with Crippen molar-refractivity contribution < 1.29 is 5.11 Å². The van der Waals surface area contributed by atoms with E-state index in [1.807, 2.05) is 19.1 Å². The first-order valence-electron chi connectivity index (χ1n) is 3.11. The lowest BCUT2D eigenvalue weighted by Gasteiger charge is -1.97. The van der Waals surface area contributed by atoms with Crippen molar-refractivity contribution in [1.29, 1.82) is 0 Å². The molecule has 1 rings (SSSR count). The predicted octanol–water partition coefficient (Wildman–Crippen LogP) is 2.28. The van der Waals surface area contributed by atoms with Crippen molar-refractivity contribution in [3.05, 3.63) is 34.5 Å². The Morgan fingerprint density at radius 2 is 2.40 bits per heavy atom. The maximum absolute atomic E-state index is 9.23. The summed E-state index contributed by atoms with van der Waals surface area (Å²) in [5.74, 6) is 0. The average molecular weight is 154 g/mol. The average Bonchev–Trinajstić information content (AvgIpc) is 2.34. The molecule has 0 aliphatic carbocycles. The number of hydrogen-bond acceptors (Lipinski definition) is 2. The van der Waals surface area contributed by atoms with Gasteiger partial charge in [-0.15, -0.1) is 17.9 Å². The molecule has 0 radical (unpaired) electrons. The van der Waals surface area contributed by atoms with E-state index in [2.05, 4.69) is 6.58 Å². The van der Waals surface area contributed by atoms with Gasteiger partial charge in [0, 0.05) is 9.75 Å². The number of hydrogen-bond donors (Lipinski definition) is 1. The monoisotopic (exact) mass is 154 g/mol.